The first-order valence-electron chi connectivity index (χ1n) is 11.3. The average molecular weight is 517 g/mol. The zero-order valence-corrected chi connectivity index (χ0v) is 20.6. The molecule has 0 aliphatic carbocycles. The second-order valence-corrected chi connectivity index (χ2v) is 8.68. The molecule has 37 heavy (non-hydrogen) atoms. The Morgan fingerprint density at radius 3 is 2.54 bits per heavy atom. The molecule has 0 fully saturated rings. The van der Waals surface area contributed by atoms with Crippen molar-refractivity contribution in [3.63, 3.8) is 0 Å². The van der Waals surface area contributed by atoms with Crippen LogP contribution in [0, 0.1) is 10.1 Å². The molecule has 1 aliphatic heterocycles. The SMILES string of the molecule is COc1ccccc1NC(=O)C1=C(C)Nc2nc(-c3ccc(Cl)cc3)nn2C1c1ccccc1[N+](=O)[O-]. The lowest BCUT2D eigenvalue weighted by Gasteiger charge is -2.28. The van der Waals surface area contributed by atoms with Gasteiger partial charge in [0.25, 0.3) is 11.6 Å². The normalized spacial score (nSPS) is 14.5. The van der Waals surface area contributed by atoms with Gasteiger partial charge in [-0.1, -0.05) is 35.9 Å². The van der Waals surface area contributed by atoms with Gasteiger partial charge in [-0.15, -0.1) is 5.10 Å². The van der Waals surface area contributed by atoms with Gasteiger partial charge in [0.2, 0.25) is 5.95 Å². The van der Waals surface area contributed by atoms with Crippen LogP contribution in [-0.4, -0.2) is 32.7 Å². The van der Waals surface area contributed by atoms with Crippen LogP contribution >= 0.6 is 11.6 Å². The number of carbonyl (C=O) groups excluding carboxylic acids is 1. The van der Waals surface area contributed by atoms with E-state index >= 15 is 0 Å². The zero-order valence-electron chi connectivity index (χ0n) is 19.8. The Morgan fingerprint density at radius 2 is 1.81 bits per heavy atom. The third-order valence-electron chi connectivity index (χ3n) is 5.98. The number of aromatic nitrogens is 3. The van der Waals surface area contributed by atoms with Gasteiger partial charge in [-0.3, -0.25) is 14.9 Å². The van der Waals surface area contributed by atoms with Crippen LogP contribution < -0.4 is 15.4 Å². The molecule has 1 atom stereocenters. The first-order chi connectivity index (χ1) is 17.9. The molecule has 1 aliphatic rings. The number of carbonyl (C=O) groups is 1. The van der Waals surface area contributed by atoms with Gasteiger partial charge in [0.05, 0.1) is 28.9 Å². The first kappa shape index (κ1) is 24.0. The molecule has 11 heteroatoms. The van der Waals surface area contributed by atoms with Crippen LogP contribution in [0.25, 0.3) is 11.4 Å². The fourth-order valence-corrected chi connectivity index (χ4v) is 4.40. The summed E-state index contributed by atoms with van der Waals surface area (Å²) >= 11 is 6.03. The Morgan fingerprint density at radius 1 is 1.11 bits per heavy atom. The lowest BCUT2D eigenvalue weighted by Crippen LogP contribution is -2.32. The Kier molecular flexibility index (Phi) is 6.33. The third-order valence-corrected chi connectivity index (χ3v) is 6.23. The highest BCUT2D eigenvalue weighted by atomic mass is 35.5. The van der Waals surface area contributed by atoms with E-state index in [9.17, 15) is 14.9 Å². The number of hydrogen-bond acceptors (Lipinski definition) is 7. The Hall–Kier alpha value is -4.70. The minimum atomic E-state index is -0.930. The highest BCUT2D eigenvalue weighted by Crippen LogP contribution is 2.40. The average Bonchev–Trinajstić information content (AvgIpc) is 3.32. The van der Waals surface area contributed by atoms with Crippen LogP contribution in [0.4, 0.5) is 17.3 Å². The van der Waals surface area contributed by atoms with Gasteiger partial charge in [0.15, 0.2) is 5.82 Å². The van der Waals surface area contributed by atoms with E-state index in [-0.39, 0.29) is 11.3 Å². The van der Waals surface area contributed by atoms with Gasteiger partial charge >= 0.3 is 0 Å². The van der Waals surface area contributed by atoms with Gasteiger partial charge in [-0.05, 0) is 49.4 Å². The highest BCUT2D eigenvalue weighted by molar-refractivity contribution is 6.30. The number of nitrogens with one attached hydrogen (secondary N) is 2. The number of anilines is 2. The van der Waals surface area contributed by atoms with E-state index < -0.39 is 16.9 Å². The van der Waals surface area contributed by atoms with E-state index in [1.165, 1.54) is 17.9 Å². The monoisotopic (exact) mass is 516 g/mol. The minimum Gasteiger partial charge on any atom is -0.495 e. The molecule has 4 aromatic rings. The molecule has 1 aromatic heterocycles. The van der Waals surface area contributed by atoms with Crippen molar-refractivity contribution in [3.05, 3.63) is 105 Å². The molecule has 1 amide bonds. The van der Waals surface area contributed by atoms with Crippen molar-refractivity contribution in [1.82, 2.24) is 14.8 Å². The molecule has 2 N–H and O–H groups in total. The number of rotatable bonds is 6. The molecule has 2 heterocycles. The Balaban J connectivity index is 1.65. The number of halogens is 1. The largest absolute Gasteiger partial charge is 0.495 e. The lowest BCUT2D eigenvalue weighted by molar-refractivity contribution is -0.385. The van der Waals surface area contributed by atoms with E-state index in [2.05, 4.69) is 20.7 Å². The molecular weight excluding hydrogens is 496 g/mol. The number of amides is 1. The number of nitro groups is 1. The fraction of sp³-hybridized carbons (Fsp3) is 0.115. The fourth-order valence-electron chi connectivity index (χ4n) is 4.28. The maximum atomic E-state index is 13.7. The number of fused-ring (bicyclic) bond motifs is 1. The first-order valence-corrected chi connectivity index (χ1v) is 11.6. The summed E-state index contributed by atoms with van der Waals surface area (Å²) in [4.78, 5) is 29.8. The topological polar surface area (TPSA) is 124 Å². The van der Waals surface area contributed by atoms with Crippen LogP contribution in [0.15, 0.2) is 84.1 Å². The van der Waals surface area contributed by atoms with Crippen LogP contribution in [0.1, 0.15) is 18.5 Å². The molecule has 10 nitrogen and oxygen atoms in total. The van der Waals surface area contributed by atoms with E-state index in [0.29, 0.717) is 45.1 Å². The number of nitro benzene ring substituents is 1. The molecule has 0 radical (unpaired) electrons. The van der Waals surface area contributed by atoms with Crippen molar-refractivity contribution in [2.24, 2.45) is 0 Å². The number of methoxy groups -OCH3 is 1. The molecule has 0 spiro atoms. The predicted octanol–water partition coefficient (Wildman–Crippen LogP) is 5.44. The van der Waals surface area contributed by atoms with Crippen molar-refractivity contribution in [2.75, 3.05) is 17.7 Å². The van der Waals surface area contributed by atoms with E-state index in [4.69, 9.17) is 16.3 Å². The van der Waals surface area contributed by atoms with Gasteiger partial charge in [-0.25, -0.2) is 4.68 Å². The standard InChI is InChI=1S/C26H21ClN6O4/c1-15-22(25(34)29-19-8-4-6-10-21(19)37-2)23(18-7-3-5-9-20(18)33(35)36)32-26(28-15)30-24(31-32)16-11-13-17(27)14-12-16/h3-14,23H,1-2H3,(H,29,34)(H,28,30,31). The number of para-hydroxylation sites is 3. The zero-order chi connectivity index (χ0) is 26.1. The highest BCUT2D eigenvalue weighted by Gasteiger charge is 2.38. The van der Waals surface area contributed by atoms with Crippen LogP contribution in [-0.2, 0) is 4.79 Å². The van der Waals surface area contributed by atoms with E-state index in [1.54, 1.807) is 73.7 Å². The maximum absolute atomic E-state index is 13.7. The van der Waals surface area contributed by atoms with Crippen molar-refractivity contribution >= 4 is 34.8 Å². The second-order valence-electron chi connectivity index (χ2n) is 8.25. The molecule has 3 aromatic carbocycles. The maximum Gasteiger partial charge on any atom is 0.275 e. The summed E-state index contributed by atoms with van der Waals surface area (Å²) in [5.74, 6) is 0.736. The summed E-state index contributed by atoms with van der Waals surface area (Å²) in [6.07, 6.45) is 0. The molecule has 1 unspecified atom stereocenters. The predicted molar refractivity (Wildman–Crippen MR) is 140 cm³/mol. The summed E-state index contributed by atoms with van der Waals surface area (Å²) in [5.41, 5.74) is 2.06. The van der Waals surface area contributed by atoms with Gasteiger partial charge in [0.1, 0.15) is 11.8 Å². The third kappa shape index (κ3) is 4.50. The molecular formula is C26H21ClN6O4. The number of allylic oxidation sites excluding steroid dienone is 1. The number of ether oxygens (including phenoxy) is 1. The van der Waals surface area contributed by atoms with Crippen molar-refractivity contribution < 1.29 is 14.5 Å². The number of nitrogens with zero attached hydrogens (tertiary/aromatic N) is 4. The molecule has 0 bridgehead atoms. The van der Waals surface area contributed by atoms with Crippen LogP contribution in [0.5, 0.6) is 5.75 Å². The summed E-state index contributed by atoms with van der Waals surface area (Å²) in [6.45, 7) is 1.72. The van der Waals surface area contributed by atoms with Crippen molar-refractivity contribution in [1.29, 1.82) is 0 Å². The summed E-state index contributed by atoms with van der Waals surface area (Å²) in [7, 11) is 1.51. The van der Waals surface area contributed by atoms with E-state index in [1.807, 2.05) is 0 Å². The Bertz CT molecular complexity index is 1550. The van der Waals surface area contributed by atoms with Gasteiger partial charge < -0.3 is 15.4 Å². The van der Waals surface area contributed by atoms with Crippen LogP contribution in [0.2, 0.25) is 5.02 Å². The minimum absolute atomic E-state index is 0.140. The number of benzene rings is 3. The van der Waals surface area contributed by atoms with Crippen molar-refractivity contribution in [2.45, 2.75) is 13.0 Å². The summed E-state index contributed by atoms with van der Waals surface area (Å²) in [5, 5.41) is 23.2. The van der Waals surface area contributed by atoms with Gasteiger partial charge in [-0.2, -0.15) is 4.98 Å². The molecule has 0 saturated carbocycles. The quantitative estimate of drug-likeness (QED) is 0.258. The lowest BCUT2D eigenvalue weighted by atomic mass is 9.93. The molecule has 186 valence electrons. The van der Waals surface area contributed by atoms with E-state index in [0.717, 1.165) is 0 Å². The number of hydrogen-bond donors (Lipinski definition) is 2. The molecule has 0 saturated heterocycles. The van der Waals surface area contributed by atoms with Crippen molar-refractivity contribution in [3.8, 4) is 17.1 Å². The smallest absolute Gasteiger partial charge is 0.275 e. The Labute approximate surface area is 216 Å². The summed E-state index contributed by atoms with van der Waals surface area (Å²) in [6, 6.07) is 19.3. The summed E-state index contributed by atoms with van der Waals surface area (Å²) < 4.78 is 6.86. The van der Waals surface area contributed by atoms with Gasteiger partial charge in [0, 0.05) is 22.3 Å². The second kappa shape index (κ2) is 9.75. The molecule has 5 rings (SSSR count). The van der Waals surface area contributed by atoms with Crippen LogP contribution in [0.3, 0.4) is 0 Å².